The molecule has 1 aromatic heterocycles. The third kappa shape index (κ3) is 3.68. The minimum absolute atomic E-state index is 0.173. The van der Waals surface area contributed by atoms with Crippen molar-refractivity contribution >= 4 is 11.8 Å². The summed E-state index contributed by atoms with van der Waals surface area (Å²) in [5.41, 5.74) is 2.90. The van der Waals surface area contributed by atoms with E-state index in [9.17, 15) is 9.59 Å². The lowest BCUT2D eigenvalue weighted by atomic mass is 10.0. The second kappa shape index (κ2) is 7.74. The van der Waals surface area contributed by atoms with E-state index in [1.165, 1.54) is 0 Å². The van der Waals surface area contributed by atoms with E-state index in [-0.39, 0.29) is 6.61 Å². The largest absolute Gasteiger partial charge is 0.460 e. The predicted molar refractivity (Wildman–Crippen MR) is 87.4 cm³/mol. The van der Waals surface area contributed by atoms with Gasteiger partial charge in [0.2, 0.25) is 0 Å². The summed E-state index contributed by atoms with van der Waals surface area (Å²) in [6, 6.07) is 11.5. The number of nitrogens with zero attached hydrogens (tertiary/aromatic N) is 1. The molecule has 5 nitrogen and oxygen atoms in total. The van der Waals surface area contributed by atoms with Crippen molar-refractivity contribution in [3.63, 3.8) is 0 Å². The molecule has 0 spiro atoms. The lowest BCUT2D eigenvalue weighted by Gasteiger charge is -2.08. The standard InChI is InChI=1S/C18H21NO4/c1-4-23-18(21)17(20)16-15(13-8-6-5-7-9-13)12-14(19(16)2)10-11-22-3/h5-9,12H,4,10-11H2,1-3H3. The van der Waals surface area contributed by atoms with Crippen LogP contribution in [-0.4, -0.2) is 36.6 Å². The van der Waals surface area contributed by atoms with Gasteiger partial charge in [-0.3, -0.25) is 4.79 Å². The van der Waals surface area contributed by atoms with Crippen LogP contribution < -0.4 is 0 Å². The van der Waals surface area contributed by atoms with E-state index in [4.69, 9.17) is 9.47 Å². The summed E-state index contributed by atoms with van der Waals surface area (Å²) in [5.74, 6) is -1.46. The molecule has 0 N–H and O–H groups in total. The van der Waals surface area contributed by atoms with Crippen molar-refractivity contribution in [1.29, 1.82) is 0 Å². The molecule has 0 aliphatic rings. The molecule has 5 heteroatoms. The van der Waals surface area contributed by atoms with Gasteiger partial charge in [0.15, 0.2) is 0 Å². The van der Waals surface area contributed by atoms with E-state index in [2.05, 4.69) is 0 Å². The Morgan fingerprint density at radius 1 is 1.17 bits per heavy atom. The second-order valence-electron chi connectivity index (χ2n) is 5.12. The number of aromatic nitrogens is 1. The molecule has 2 aromatic rings. The number of hydrogen-bond acceptors (Lipinski definition) is 4. The maximum atomic E-state index is 12.5. The molecule has 0 atom stereocenters. The van der Waals surface area contributed by atoms with Crippen LogP contribution in [0.1, 0.15) is 23.1 Å². The van der Waals surface area contributed by atoms with Gasteiger partial charge in [-0.1, -0.05) is 30.3 Å². The summed E-state index contributed by atoms with van der Waals surface area (Å²) in [4.78, 5) is 24.4. The van der Waals surface area contributed by atoms with Gasteiger partial charge in [0.1, 0.15) is 5.69 Å². The van der Waals surface area contributed by atoms with Crippen molar-refractivity contribution in [1.82, 2.24) is 4.57 Å². The maximum Gasteiger partial charge on any atom is 0.381 e. The zero-order chi connectivity index (χ0) is 16.8. The zero-order valence-electron chi connectivity index (χ0n) is 13.7. The van der Waals surface area contributed by atoms with Gasteiger partial charge in [-0.25, -0.2) is 4.79 Å². The van der Waals surface area contributed by atoms with Crippen molar-refractivity contribution in [2.75, 3.05) is 20.3 Å². The fourth-order valence-electron chi connectivity index (χ4n) is 2.51. The second-order valence-corrected chi connectivity index (χ2v) is 5.12. The topological polar surface area (TPSA) is 57.5 Å². The Morgan fingerprint density at radius 3 is 2.48 bits per heavy atom. The molecule has 0 unspecified atom stereocenters. The average molecular weight is 315 g/mol. The SMILES string of the molecule is CCOC(=O)C(=O)c1c(-c2ccccc2)cc(CCOC)n1C. The highest BCUT2D eigenvalue weighted by atomic mass is 16.5. The first kappa shape index (κ1) is 17.0. The van der Waals surface area contributed by atoms with Gasteiger partial charge < -0.3 is 14.0 Å². The first-order valence-corrected chi connectivity index (χ1v) is 7.54. The lowest BCUT2D eigenvalue weighted by Crippen LogP contribution is -2.21. The molecular formula is C18H21NO4. The average Bonchev–Trinajstić information content (AvgIpc) is 2.90. The third-order valence-corrected chi connectivity index (χ3v) is 3.66. The van der Waals surface area contributed by atoms with Crippen LogP contribution in [0.4, 0.5) is 0 Å². The molecule has 0 saturated heterocycles. The number of carbonyl (C=O) groups excluding carboxylic acids is 2. The smallest absolute Gasteiger partial charge is 0.381 e. The van der Waals surface area contributed by atoms with Crippen LogP contribution in [0.3, 0.4) is 0 Å². The van der Waals surface area contributed by atoms with Crippen molar-refractivity contribution < 1.29 is 19.1 Å². The summed E-state index contributed by atoms with van der Waals surface area (Å²) in [5, 5.41) is 0. The summed E-state index contributed by atoms with van der Waals surface area (Å²) in [7, 11) is 3.41. The fourth-order valence-corrected chi connectivity index (χ4v) is 2.51. The molecule has 0 amide bonds. The van der Waals surface area contributed by atoms with Gasteiger partial charge in [-0.2, -0.15) is 0 Å². The quantitative estimate of drug-likeness (QED) is 0.448. The molecule has 0 radical (unpaired) electrons. The number of methoxy groups -OCH3 is 1. The van der Waals surface area contributed by atoms with Crippen LogP contribution in [-0.2, 0) is 27.7 Å². The van der Waals surface area contributed by atoms with E-state index in [0.717, 1.165) is 16.8 Å². The number of rotatable bonds is 7. The van der Waals surface area contributed by atoms with Gasteiger partial charge in [0.25, 0.3) is 5.78 Å². The predicted octanol–water partition coefficient (Wildman–Crippen LogP) is 2.63. The lowest BCUT2D eigenvalue weighted by molar-refractivity contribution is -0.137. The molecule has 122 valence electrons. The van der Waals surface area contributed by atoms with Crippen LogP contribution >= 0.6 is 0 Å². The van der Waals surface area contributed by atoms with E-state index in [0.29, 0.717) is 18.7 Å². The molecule has 0 fully saturated rings. The van der Waals surface area contributed by atoms with Crippen molar-refractivity contribution in [2.24, 2.45) is 7.05 Å². The van der Waals surface area contributed by atoms with Crippen LogP contribution in [0.5, 0.6) is 0 Å². The van der Waals surface area contributed by atoms with Gasteiger partial charge >= 0.3 is 5.97 Å². The number of carbonyl (C=O) groups is 2. The van der Waals surface area contributed by atoms with Gasteiger partial charge in [-0.15, -0.1) is 0 Å². The Morgan fingerprint density at radius 2 is 1.87 bits per heavy atom. The van der Waals surface area contributed by atoms with Crippen LogP contribution in [0.2, 0.25) is 0 Å². The highest BCUT2D eigenvalue weighted by molar-refractivity contribution is 6.41. The van der Waals surface area contributed by atoms with E-state index in [1.54, 1.807) is 25.6 Å². The summed E-state index contributed by atoms with van der Waals surface area (Å²) < 4.78 is 11.7. The molecule has 23 heavy (non-hydrogen) atoms. The number of hydrogen-bond donors (Lipinski definition) is 0. The molecule has 0 aliphatic carbocycles. The Hall–Kier alpha value is -2.40. The maximum absolute atomic E-state index is 12.5. The Kier molecular flexibility index (Phi) is 5.71. The minimum atomic E-state index is -0.829. The van der Waals surface area contributed by atoms with Crippen LogP contribution in [0.15, 0.2) is 36.4 Å². The number of ketones is 1. The molecule has 0 aliphatic heterocycles. The summed E-state index contributed by atoms with van der Waals surface area (Å²) in [6.07, 6.45) is 0.656. The normalized spacial score (nSPS) is 10.6. The summed E-state index contributed by atoms with van der Waals surface area (Å²) in [6.45, 7) is 2.39. The number of benzene rings is 1. The van der Waals surface area contributed by atoms with Crippen molar-refractivity contribution in [2.45, 2.75) is 13.3 Å². The van der Waals surface area contributed by atoms with Gasteiger partial charge in [0.05, 0.1) is 13.2 Å². The minimum Gasteiger partial charge on any atom is -0.460 e. The van der Waals surface area contributed by atoms with Gasteiger partial charge in [-0.05, 0) is 18.6 Å². The number of ether oxygens (including phenoxy) is 2. The Labute approximate surface area is 135 Å². The highest BCUT2D eigenvalue weighted by Crippen LogP contribution is 2.28. The van der Waals surface area contributed by atoms with Gasteiger partial charge in [0, 0.05) is 31.8 Å². The number of Topliss-reactive ketones (excluding diaryl/α,β-unsaturated/α-hetero) is 1. The Balaban J connectivity index is 2.51. The molecule has 2 rings (SSSR count). The zero-order valence-corrected chi connectivity index (χ0v) is 13.7. The molecule has 1 aromatic carbocycles. The first-order valence-electron chi connectivity index (χ1n) is 7.54. The first-order chi connectivity index (χ1) is 11.1. The Bertz CT molecular complexity index is 689. The van der Waals surface area contributed by atoms with E-state index in [1.807, 2.05) is 36.4 Å². The molecule has 0 bridgehead atoms. The molecule has 1 heterocycles. The van der Waals surface area contributed by atoms with Crippen molar-refractivity contribution in [3.8, 4) is 11.1 Å². The van der Waals surface area contributed by atoms with E-state index >= 15 is 0 Å². The third-order valence-electron chi connectivity index (χ3n) is 3.66. The highest BCUT2D eigenvalue weighted by Gasteiger charge is 2.26. The van der Waals surface area contributed by atoms with Crippen LogP contribution in [0, 0.1) is 0 Å². The molecular weight excluding hydrogens is 294 g/mol. The summed E-state index contributed by atoms with van der Waals surface area (Å²) >= 11 is 0. The monoisotopic (exact) mass is 315 g/mol. The van der Waals surface area contributed by atoms with Crippen molar-refractivity contribution in [3.05, 3.63) is 47.8 Å². The number of esters is 1. The van der Waals surface area contributed by atoms with E-state index < -0.39 is 11.8 Å². The molecule has 0 saturated carbocycles. The fraction of sp³-hybridized carbons (Fsp3) is 0.333. The van der Waals surface area contributed by atoms with Crippen LogP contribution in [0.25, 0.3) is 11.1 Å².